The molecule has 58 heavy (non-hydrogen) atoms. The third-order valence-corrected chi connectivity index (χ3v) is 12.5. The van der Waals surface area contributed by atoms with Crippen LogP contribution in [0.3, 0.4) is 0 Å². The van der Waals surface area contributed by atoms with Gasteiger partial charge in [0.05, 0.1) is 10.4 Å². The van der Waals surface area contributed by atoms with E-state index in [2.05, 4.69) is 163 Å². The summed E-state index contributed by atoms with van der Waals surface area (Å²) in [6.45, 7) is 0. The predicted molar refractivity (Wildman–Crippen MR) is 243 cm³/mol. The van der Waals surface area contributed by atoms with Crippen molar-refractivity contribution in [1.82, 2.24) is 4.98 Å². The number of thiophene rings is 1. The van der Waals surface area contributed by atoms with Crippen molar-refractivity contribution in [1.29, 1.82) is 0 Å². The second-order valence-corrected chi connectivity index (χ2v) is 15.8. The van der Waals surface area contributed by atoms with Gasteiger partial charge in [-0.1, -0.05) is 121 Å². The summed E-state index contributed by atoms with van der Waals surface area (Å²) in [4.78, 5) is 7.22. The highest BCUT2D eigenvalue weighted by Crippen LogP contribution is 2.46. The minimum Gasteiger partial charge on any atom is -0.456 e. The Bertz CT molecular complexity index is 3500. The summed E-state index contributed by atoms with van der Waals surface area (Å²) < 4.78 is 15.0. The van der Waals surface area contributed by atoms with Gasteiger partial charge < -0.3 is 13.7 Å². The highest BCUT2D eigenvalue weighted by atomic mass is 32.1. The standard InChI is InChI=1S/C53H32N2O2S/c1-2-11-36(12-3-1)53-54-46-31-45-44-30-37(24-29-48(44)56-49(45)32-50(46)57-53)33-20-25-38(26-21-33)55(47-18-9-17-43-42-15-6-7-19-51(42)58-52(43)47)39-27-22-35(23-28-39)41-16-8-13-34-10-4-5-14-40(34)41/h1-32H. The van der Waals surface area contributed by atoms with E-state index in [1.165, 1.54) is 42.1 Å². The number of anilines is 3. The molecule has 3 heterocycles. The molecule has 5 heteroatoms. The smallest absolute Gasteiger partial charge is 0.227 e. The Morgan fingerprint density at radius 2 is 1.09 bits per heavy atom. The van der Waals surface area contributed by atoms with Crippen molar-refractivity contribution < 1.29 is 8.83 Å². The van der Waals surface area contributed by atoms with Crippen molar-refractivity contribution in [2.45, 2.75) is 0 Å². The highest BCUT2D eigenvalue weighted by Gasteiger charge is 2.19. The van der Waals surface area contributed by atoms with Gasteiger partial charge in [0.1, 0.15) is 16.7 Å². The van der Waals surface area contributed by atoms with E-state index in [1.54, 1.807) is 0 Å². The molecule has 4 nitrogen and oxygen atoms in total. The van der Waals surface area contributed by atoms with Gasteiger partial charge in [-0.25, -0.2) is 4.98 Å². The molecular weight excluding hydrogens is 729 g/mol. The summed E-state index contributed by atoms with van der Waals surface area (Å²) in [5.74, 6) is 0.603. The second-order valence-electron chi connectivity index (χ2n) is 14.7. The van der Waals surface area contributed by atoms with Crippen molar-refractivity contribution in [3.63, 3.8) is 0 Å². The molecular formula is C53H32N2O2S. The van der Waals surface area contributed by atoms with Gasteiger partial charge in [-0.05, 0) is 99.8 Å². The van der Waals surface area contributed by atoms with E-state index in [0.29, 0.717) is 11.5 Å². The summed E-state index contributed by atoms with van der Waals surface area (Å²) >= 11 is 1.85. The fourth-order valence-corrected chi connectivity index (χ4v) is 9.69. The fraction of sp³-hybridized carbons (Fsp3) is 0. The summed E-state index contributed by atoms with van der Waals surface area (Å²) in [6, 6.07) is 68.9. The Morgan fingerprint density at radius 1 is 0.414 bits per heavy atom. The Hall–Kier alpha value is -7.47. The van der Waals surface area contributed by atoms with Crippen molar-refractivity contribution in [3.8, 4) is 33.7 Å². The molecule has 0 unspecified atom stereocenters. The van der Waals surface area contributed by atoms with E-state index in [9.17, 15) is 0 Å². The van der Waals surface area contributed by atoms with Gasteiger partial charge in [0.2, 0.25) is 5.89 Å². The molecule has 0 amide bonds. The van der Waals surface area contributed by atoms with E-state index in [0.717, 1.165) is 61.2 Å². The number of fused-ring (bicyclic) bond motifs is 8. The van der Waals surface area contributed by atoms with Crippen LogP contribution < -0.4 is 4.90 Å². The highest BCUT2D eigenvalue weighted by molar-refractivity contribution is 7.26. The first-order valence-corrected chi connectivity index (χ1v) is 20.2. The van der Waals surface area contributed by atoms with E-state index < -0.39 is 0 Å². The van der Waals surface area contributed by atoms with Crippen LogP contribution in [-0.4, -0.2) is 4.98 Å². The predicted octanol–water partition coefficient (Wildman–Crippen LogP) is 15.7. The molecule has 12 aromatic rings. The van der Waals surface area contributed by atoms with Gasteiger partial charge in [0.25, 0.3) is 0 Å². The Morgan fingerprint density at radius 3 is 1.93 bits per heavy atom. The maximum Gasteiger partial charge on any atom is 0.227 e. The SMILES string of the molecule is c1ccc(-c2nc3cc4c(cc3o2)oc2ccc(-c3ccc(N(c5ccc(-c6cccc7ccccc67)cc5)c5cccc6c5sc5ccccc56)cc3)cc24)cc1. The van der Waals surface area contributed by atoms with Gasteiger partial charge in [-0.2, -0.15) is 0 Å². The zero-order valence-corrected chi connectivity index (χ0v) is 31.9. The monoisotopic (exact) mass is 760 g/mol. The molecule has 3 aromatic heterocycles. The number of nitrogens with zero attached hydrogens (tertiary/aromatic N) is 2. The van der Waals surface area contributed by atoms with Gasteiger partial charge in [0.15, 0.2) is 5.58 Å². The first-order chi connectivity index (χ1) is 28.7. The third kappa shape index (κ3) is 5.32. The minimum absolute atomic E-state index is 0.603. The molecule has 0 aliphatic heterocycles. The molecule has 0 spiro atoms. The van der Waals surface area contributed by atoms with E-state index >= 15 is 0 Å². The number of rotatable bonds is 6. The molecule has 0 saturated carbocycles. The first kappa shape index (κ1) is 32.7. The van der Waals surface area contributed by atoms with E-state index in [-0.39, 0.29) is 0 Å². The average Bonchev–Trinajstić information content (AvgIpc) is 3.99. The van der Waals surface area contributed by atoms with Crippen LogP contribution in [0.2, 0.25) is 0 Å². The zero-order valence-electron chi connectivity index (χ0n) is 31.1. The van der Waals surface area contributed by atoms with Crippen LogP contribution in [-0.2, 0) is 0 Å². The number of hydrogen-bond acceptors (Lipinski definition) is 5. The Kier molecular flexibility index (Phi) is 7.37. The maximum atomic E-state index is 6.34. The quantitative estimate of drug-likeness (QED) is 0.169. The van der Waals surface area contributed by atoms with Crippen LogP contribution in [0.4, 0.5) is 17.1 Å². The second kappa shape index (κ2) is 13.1. The lowest BCUT2D eigenvalue weighted by atomic mass is 9.98. The average molecular weight is 761 g/mol. The van der Waals surface area contributed by atoms with E-state index in [4.69, 9.17) is 13.8 Å². The Labute approximate surface area is 337 Å². The molecule has 0 aliphatic rings. The summed E-state index contributed by atoms with van der Waals surface area (Å²) in [6.07, 6.45) is 0. The Balaban J connectivity index is 0.951. The van der Waals surface area contributed by atoms with Gasteiger partial charge >= 0.3 is 0 Å². The third-order valence-electron chi connectivity index (χ3n) is 11.3. The number of aromatic nitrogens is 1. The first-order valence-electron chi connectivity index (χ1n) is 19.4. The largest absolute Gasteiger partial charge is 0.456 e. The number of furan rings is 1. The molecule has 0 radical (unpaired) electrons. The normalized spacial score (nSPS) is 11.8. The molecule has 0 aliphatic carbocycles. The van der Waals surface area contributed by atoms with Gasteiger partial charge in [-0.3, -0.25) is 0 Å². The fourth-order valence-electron chi connectivity index (χ4n) is 8.49. The number of benzene rings is 9. The summed E-state index contributed by atoms with van der Waals surface area (Å²) in [5, 5.41) is 7.12. The molecule has 0 saturated heterocycles. The van der Waals surface area contributed by atoms with Crippen LogP contribution in [0.15, 0.2) is 203 Å². The minimum atomic E-state index is 0.603. The van der Waals surface area contributed by atoms with Crippen molar-refractivity contribution in [2.75, 3.05) is 4.90 Å². The lowest BCUT2D eigenvalue weighted by Crippen LogP contribution is -2.10. The molecule has 9 aromatic carbocycles. The molecule has 272 valence electrons. The van der Waals surface area contributed by atoms with Gasteiger partial charge in [0, 0.05) is 49.2 Å². The lowest BCUT2D eigenvalue weighted by molar-refractivity contribution is 0.617. The van der Waals surface area contributed by atoms with Crippen molar-refractivity contribution >= 4 is 92.4 Å². The van der Waals surface area contributed by atoms with Crippen LogP contribution in [0.1, 0.15) is 0 Å². The summed E-state index contributed by atoms with van der Waals surface area (Å²) in [5.41, 5.74) is 12.1. The molecule has 0 N–H and O–H groups in total. The van der Waals surface area contributed by atoms with Crippen LogP contribution >= 0.6 is 11.3 Å². The van der Waals surface area contributed by atoms with Crippen molar-refractivity contribution in [2.24, 2.45) is 0 Å². The van der Waals surface area contributed by atoms with Gasteiger partial charge in [-0.15, -0.1) is 11.3 Å². The maximum absolute atomic E-state index is 6.34. The van der Waals surface area contributed by atoms with E-state index in [1.807, 2.05) is 47.7 Å². The molecule has 12 rings (SSSR count). The van der Waals surface area contributed by atoms with Crippen LogP contribution in [0.5, 0.6) is 0 Å². The van der Waals surface area contributed by atoms with Crippen LogP contribution in [0, 0.1) is 0 Å². The van der Waals surface area contributed by atoms with Crippen LogP contribution in [0.25, 0.3) is 97.7 Å². The molecule has 0 fully saturated rings. The number of oxazole rings is 1. The molecule has 0 atom stereocenters. The number of hydrogen-bond donors (Lipinski definition) is 0. The summed E-state index contributed by atoms with van der Waals surface area (Å²) in [7, 11) is 0. The topological polar surface area (TPSA) is 42.4 Å². The molecule has 0 bridgehead atoms. The lowest BCUT2D eigenvalue weighted by Gasteiger charge is -2.26. The van der Waals surface area contributed by atoms with Crippen molar-refractivity contribution in [3.05, 3.63) is 194 Å². The zero-order chi connectivity index (χ0) is 38.2.